The minimum atomic E-state index is -0.0746. The molecular weight excluding hydrogens is 312 g/mol. The first-order valence-electron chi connectivity index (χ1n) is 8.70. The number of fused-ring (bicyclic) bond motifs is 1. The summed E-state index contributed by atoms with van der Waals surface area (Å²) in [6.45, 7) is 6.67. The molecule has 0 saturated heterocycles. The van der Waals surface area contributed by atoms with Gasteiger partial charge in [0.05, 0.1) is 12.2 Å². The Hall–Kier alpha value is -2.62. The molecule has 0 unspecified atom stereocenters. The summed E-state index contributed by atoms with van der Waals surface area (Å²) >= 11 is 0. The van der Waals surface area contributed by atoms with Gasteiger partial charge in [0.25, 0.3) is 0 Å². The van der Waals surface area contributed by atoms with Gasteiger partial charge < -0.3 is 10.1 Å². The number of carbonyl (C=O) groups is 1. The van der Waals surface area contributed by atoms with Crippen LogP contribution in [0.5, 0.6) is 5.75 Å². The fourth-order valence-corrected chi connectivity index (χ4v) is 2.97. The summed E-state index contributed by atoms with van der Waals surface area (Å²) in [6, 6.07) is 10.1. The molecule has 0 spiro atoms. The van der Waals surface area contributed by atoms with Crippen molar-refractivity contribution in [2.45, 2.75) is 33.3 Å². The summed E-state index contributed by atoms with van der Waals surface area (Å²) < 4.78 is 6.14. The summed E-state index contributed by atoms with van der Waals surface area (Å²) in [7, 11) is 0. The van der Waals surface area contributed by atoms with E-state index in [9.17, 15) is 4.79 Å². The number of pyridine rings is 1. The van der Waals surface area contributed by atoms with E-state index in [1.807, 2.05) is 38.1 Å². The van der Waals surface area contributed by atoms with Crippen LogP contribution < -0.4 is 10.1 Å². The molecule has 3 rings (SSSR count). The average Bonchev–Trinajstić information content (AvgIpc) is 3.00. The van der Waals surface area contributed by atoms with Crippen LogP contribution in [0.2, 0.25) is 0 Å². The molecule has 2 heterocycles. The first-order chi connectivity index (χ1) is 12.0. The highest BCUT2D eigenvalue weighted by molar-refractivity contribution is 5.87. The highest BCUT2D eigenvalue weighted by Gasteiger charge is 2.26. The third kappa shape index (κ3) is 4.27. The molecule has 0 bridgehead atoms. The second kappa shape index (κ2) is 7.51. The number of ether oxygens (including phenoxy) is 1. The molecule has 25 heavy (non-hydrogen) atoms. The van der Waals surface area contributed by atoms with Crippen molar-refractivity contribution in [1.29, 1.82) is 0 Å². The van der Waals surface area contributed by atoms with Crippen LogP contribution in [0.4, 0.5) is 0 Å². The Morgan fingerprint density at radius 1 is 1.40 bits per heavy atom. The normalized spacial score (nSPS) is 16.1. The molecule has 1 aromatic carbocycles. The van der Waals surface area contributed by atoms with Gasteiger partial charge in [0.15, 0.2) is 0 Å². The zero-order valence-electron chi connectivity index (χ0n) is 15.0. The lowest BCUT2D eigenvalue weighted by atomic mass is 10.0. The Morgan fingerprint density at radius 3 is 2.96 bits per heavy atom. The van der Waals surface area contributed by atoms with Crippen molar-refractivity contribution in [2.75, 3.05) is 6.54 Å². The predicted molar refractivity (Wildman–Crippen MR) is 99.5 cm³/mol. The van der Waals surface area contributed by atoms with Crippen LogP contribution in [0.15, 0.2) is 48.7 Å². The fraction of sp³-hybridized carbons (Fsp3) is 0.333. The minimum absolute atomic E-state index is 0.0457. The average molecular weight is 336 g/mol. The third-order valence-electron chi connectivity index (χ3n) is 4.12. The van der Waals surface area contributed by atoms with Crippen molar-refractivity contribution in [3.63, 3.8) is 0 Å². The second-order valence-electron chi connectivity index (χ2n) is 6.81. The number of hydrogen-bond donors (Lipinski definition) is 1. The van der Waals surface area contributed by atoms with E-state index in [1.165, 1.54) is 11.1 Å². The standard InChI is InChI=1S/C21H24N2O2/c1-14(2)7-8-20(24)23-13-17-12-16-10-15(3)11-18(21(16)25-17)19-6-4-5-9-22-19/h4-11,14,17H,12-13H2,1-3H3,(H,23,24)/b8-7+/t17-/m1/s1. The molecule has 0 saturated carbocycles. The van der Waals surface area contributed by atoms with Crippen molar-refractivity contribution in [2.24, 2.45) is 5.92 Å². The number of aromatic nitrogens is 1. The molecule has 1 aliphatic heterocycles. The number of hydrogen-bond acceptors (Lipinski definition) is 3. The lowest BCUT2D eigenvalue weighted by Gasteiger charge is -2.13. The molecule has 4 heteroatoms. The number of rotatable bonds is 5. The van der Waals surface area contributed by atoms with Crippen LogP contribution in [-0.2, 0) is 11.2 Å². The largest absolute Gasteiger partial charge is 0.487 e. The van der Waals surface area contributed by atoms with Crippen molar-refractivity contribution in [1.82, 2.24) is 10.3 Å². The van der Waals surface area contributed by atoms with Gasteiger partial charge in [0.1, 0.15) is 11.9 Å². The quantitative estimate of drug-likeness (QED) is 0.847. The van der Waals surface area contributed by atoms with Crippen LogP contribution in [-0.4, -0.2) is 23.5 Å². The van der Waals surface area contributed by atoms with Gasteiger partial charge in [-0.2, -0.15) is 0 Å². The van der Waals surface area contributed by atoms with Crippen LogP contribution >= 0.6 is 0 Å². The second-order valence-corrected chi connectivity index (χ2v) is 6.81. The van der Waals surface area contributed by atoms with Crippen LogP contribution in [0.3, 0.4) is 0 Å². The molecule has 130 valence electrons. The lowest BCUT2D eigenvalue weighted by molar-refractivity contribution is -0.116. The zero-order chi connectivity index (χ0) is 17.8. The van der Waals surface area contributed by atoms with Gasteiger partial charge in [-0.15, -0.1) is 0 Å². The number of nitrogens with one attached hydrogen (secondary N) is 1. The number of amides is 1. The van der Waals surface area contributed by atoms with E-state index in [-0.39, 0.29) is 12.0 Å². The van der Waals surface area contributed by atoms with E-state index >= 15 is 0 Å². The number of nitrogens with zero attached hydrogens (tertiary/aromatic N) is 1. The van der Waals surface area contributed by atoms with Gasteiger partial charge in [0.2, 0.25) is 5.91 Å². The molecule has 0 aliphatic carbocycles. The maximum Gasteiger partial charge on any atom is 0.243 e. The van der Waals surface area contributed by atoms with E-state index in [4.69, 9.17) is 4.74 Å². The summed E-state index contributed by atoms with van der Waals surface area (Å²) in [6.07, 6.45) is 6.02. The Morgan fingerprint density at radius 2 is 2.24 bits per heavy atom. The van der Waals surface area contributed by atoms with Gasteiger partial charge in [-0.3, -0.25) is 9.78 Å². The zero-order valence-corrected chi connectivity index (χ0v) is 15.0. The molecule has 0 radical (unpaired) electrons. The minimum Gasteiger partial charge on any atom is -0.487 e. The maximum atomic E-state index is 11.9. The third-order valence-corrected chi connectivity index (χ3v) is 4.12. The molecule has 2 aromatic rings. The summed E-state index contributed by atoms with van der Waals surface area (Å²) in [5.41, 5.74) is 4.29. The van der Waals surface area contributed by atoms with Gasteiger partial charge in [-0.25, -0.2) is 0 Å². The summed E-state index contributed by atoms with van der Waals surface area (Å²) in [4.78, 5) is 16.3. The number of allylic oxidation sites excluding steroid dienone is 1. The van der Waals surface area contributed by atoms with E-state index in [0.29, 0.717) is 12.5 Å². The van der Waals surface area contributed by atoms with Crippen LogP contribution in [0.25, 0.3) is 11.3 Å². The van der Waals surface area contributed by atoms with Gasteiger partial charge in [0, 0.05) is 18.2 Å². The predicted octanol–water partition coefficient (Wildman–Crippen LogP) is 3.69. The maximum absolute atomic E-state index is 11.9. The van der Waals surface area contributed by atoms with Crippen molar-refractivity contribution in [3.8, 4) is 17.0 Å². The van der Waals surface area contributed by atoms with Gasteiger partial charge >= 0.3 is 0 Å². The summed E-state index contributed by atoms with van der Waals surface area (Å²) in [5, 5.41) is 2.92. The SMILES string of the molecule is Cc1cc2c(c(-c3ccccn3)c1)O[C@@H](CNC(=O)/C=C/C(C)C)C2. The topological polar surface area (TPSA) is 51.2 Å². The van der Waals surface area contributed by atoms with Crippen LogP contribution in [0.1, 0.15) is 25.0 Å². The number of aryl methyl sites for hydroxylation is 1. The van der Waals surface area contributed by atoms with Gasteiger partial charge in [-0.1, -0.05) is 32.1 Å². The molecular formula is C21H24N2O2. The Balaban J connectivity index is 1.72. The molecule has 1 atom stereocenters. The Kier molecular flexibility index (Phi) is 5.17. The highest BCUT2D eigenvalue weighted by Crippen LogP contribution is 2.38. The highest BCUT2D eigenvalue weighted by atomic mass is 16.5. The van der Waals surface area contributed by atoms with E-state index in [0.717, 1.165) is 23.4 Å². The van der Waals surface area contributed by atoms with Crippen molar-refractivity contribution >= 4 is 5.91 Å². The monoisotopic (exact) mass is 336 g/mol. The van der Waals surface area contributed by atoms with Crippen molar-refractivity contribution in [3.05, 3.63) is 59.8 Å². The molecule has 0 fully saturated rings. The van der Waals surface area contributed by atoms with Crippen LogP contribution in [0, 0.1) is 12.8 Å². The molecule has 4 nitrogen and oxygen atoms in total. The smallest absolute Gasteiger partial charge is 0.243 e. The van der Waals surface area contributed by atoms with E-state index in [1.54, 1.807) is 12.3 Å². The van der Waals surface area contributed by atoms with E-state index in [2.05, 4.69) is 29.4 Å². The van der Waals surface area contributed by atoms with Crippen molar-refractivity contribution < 1.29 is 9.53 Å². The first kappa shape index (κ1) is 17.2. The molecule has 1 aliphatic rings. The Labute approximate surface area is 148 Å². The molecule has 1 N–H and O–H groups in total. The van der Waals surface area contributed by atoms with E-state index < -0.39 is 0 Å². The lowest BCUT2D eigenvalue weighted by Crippen LogP contribution is -2.33. The Bertz CT molecular complexity index is 782. The fourth-order valence-electron chi connectivity index (χ4n) is 2.97. The number of carbonyl (C=O) groups excluding carboxylic acids is 1. The first-order valence-corrected chi connectivity index (χ1v) is 8.70. The van der Waals surface area contributed by atoms with Gasteiger partial charge in [-0.05, 0) is 48.2 Å². The number of benzene rings is 1. The molecule has 1 amide bonds. The summed E-state index contributed by atoms with van der Waals surface area (Å²) in [5.74, 6) is 1.18. The molecule has 1 aromatic heterocycles.